The van der Waals surface area contributed by atoms with E-state index in [1.54, 1.807) is 11.3 Å². The van der Waals surface area contributed by atoms with Gasteiger partial charge in [-0.3, -0.25) is 0 Å². The number of thiophene rings is 1. The Morgan fingerprint density at radius 2 is 2.00 bits per heavy atom. The normalized spacial score (nSPS) is 11.7. The molecule has 2 heterocycles. The highest BCUT2D eigenvalue weighted by Gasteiger charge is 2.17. The Morgan fingerprint density at radius 3 is 2.56 bits per heavy atom. The maximum absolute atomic E-state index is 5.81. The van der Waals surface area contributed by atoms with Gasteiger partial charge in [0.2, 0.25) is 0 Å². The van der Waals surface area contributed by atoms with Gasteiger partial charge < -0.3 is 5.73 Å². The van der Waals surface area contributed by atoms with Crippen LogP contribution in [0.2, 0.25) is 0 Å². The number of hydrogen-bond donors (Lipinski definition) is 1. The van der Waals surface area contributed by atoms with E-state index in [9.17, 15) is 0 Å². The Kier molecular flexibility index (Phi) is 2.68. The van der Waals surface area contributed by atoms with Crippen molar-refractivity contribution in [1.29, 1.82) is 0 Å². The molecule has 0 atom stereocenters. The lowest BCUT2D eigenvalue weighted by Crippen LogP contribution is -2.15. The summed E-state index contributed by atoms with van der Waals surface area (Å²) in [6, 6.07) is 3.85. The Bertz CT molecular complexity index is 483. The van der Waals surface area contributed by atoms with Crippen LogP contribution in [0, 0.1) is 0 Å². The minimum atomic E-state index is -0.0121. The first kappa shape index (κ1) is 11.1. The molecule has 2 N–H and O–H groups in total. The summed E-state index contributed by atoms with van der Waals surface area (Å²) >= 11 is 1.63. The second-order valence-electron chi connectivity index (χ2n) is 4.76. The van der Waals surface area contributed by atoms with Crippen LogP contribution in [0.1, 0.15) is 26.5 Å². The van der Waals surface area contributed by atoms with Crippen LogP contribution in [0.25, 0.3) is 11.4 Å². The zero-order chi connectivity index (χ0) is 11.8. The van der Waals surface area contributed by atoms with Gasteiger partial charge in [0.25, 0.3) is 0 Å². The molecule has 2 rings (SSSR count). The Balaban J connectivity index is 2.53. The first-order valence-electron chi connectivity index (χ1n) is 5.14. The predicted octanol–water partition coefficient (Wildman–Crippen LogP) is 3.08. The van der Waals surface area contributed by atoms with Crippen LogP contribution in [-0.2, 0) is 5.41 Å². The summed E-state index contributed by atoms with van der Waals surface area (Å²) < 4.78 is 0. The maximum atomic E-state index is 5.81. The molecule has 2 aromatic rings. The van der Waals surface area contributed by atoms with Crippen LogP contribution >= 0.6 is 11.3 Å². The smallest absolute Gasteiger partial charge is 0.162 e. The van der Waals surface area contributed by atoms with Crippen LogP contribution in [0.4, 0.5) is 5.82 Å². The number of rotatable bonds is 1. The quantitative estimate of drug-likeness (QED) is 0.823. The molecule has 0 radical (unpaired) electrons. The number of nitrogens with two attached hydrogens (primary N) is 1. The molecule has 0 aromatic carbocycles. The summed E-state index contributed by atoms with van der Waals surface area (Å²) in [5, 5.41) is 4.04. The Labute approximate surface area is 99.4 Å². The van der Waals surface area contributed by atoms with Crippen molar-refractivity contribution in [3.05, 3.63) is 28.6 Å². The monoisotopic (exact) mass is 233 g/mol. The molecule has 0 amide bonds. The molecule has 0 fully saturated rings. The van der Waals surface area contributed by atoms with Gasteiger partial charge in [0.15, 0.2) is 5.82 Å². The molecule has 16 heavy (non-hydrogen) atoms. The van der Waals surface area contributed by atoms with Crippen LogP contribution in [0.3, 0.4) is 0 Å². The molecule has 0 aliphatic rings. The number of nitrogen functional groups attached to an aromatic ring is 1. The second-order valence-corrected chi connectivity index (χ2v) is 5.54. The fraction of sp³-hybridized carbons (Fsp3) is 0.333. The van der Waals surface area contributed by atoms with E-state index in [0.717, 1.165) is 11.3 Å². The van der Waals surface area contributed by atoms with Gasteiger partial charge in [0.1, 0.15) is 5.82 Å². The van der Waals surface area contributed by atoms with Crippen LogP contribution in [0.15, 0.2) is 22.9 Å². The van der Waals surface area contributed by atoms with Gasteiger partial charge in [-0.25, -0.2) is 9.97 Å². The Hall–Kier alpha value is -1.42. The second kappa shape index (κ2) is 3.87. The van der Waals surface area contributed by atoms with Crippen molar-refractivity contribution in [3.63, 3.8) is 0 Å². The summed E-state index contributed by atoms with van der Waals surface area (Å²) in [4.78, 5) is 8.83. The third-order valence-corrected chi connectivity index (χ3v) is 2.98. The van der Waals surface area contributed by atoms with E-state index in [0.29, 0.717) is 11.6 Å². The van der Waals surface area contributed by atoms with Crippen molar-refractivity contribution < 1.29 is 0 Å². The predicted molar refractivity (Wildman–Crippen MR) is 68.5 cm³/mol. The topological polar surface area (TPSA) is 51.8 Å². The zero-order valence-electron chi connectivity index (χ0n) is 9.69. The number of anilines is 1. The molecule has 0 bridgehead atoms. The molecule has 0 spiro atoms. The minimum absolute atomic E-state index is 0.0121. The van der Waals surface area contributed by atoms with Gasteiger partial charge in [0, 0.05) is 22.4 Å². The molecule has 84 valence electrons. The molecule has 0 aliphatic carbocycles. The van der Waals surface area contributed by atoms with E-state index in [4.69, 9.17) is 5.73 Å². The summed E-state index contributed by atoms with van der Waals surface area (Å²) in [7, 11) is 0. The molecular weight excluding hydrogens is 218 g/mol. The van der Waals surface area contributed by atoms with Crippen LogP contribution in [-0.4, -0.2) is 9.97 Å². The maximum Gasteiger partial charge on any atom is 0.162 e. The van der Waals surface area contributed by atoms with Gasteiger partial charge in [-0.1, -0.05) is 20.8 Å². The lowest BCUT2D eigenvalue weighted by molar-refractivity contribution is 0.568. The first-order valence-corrected chi connectivity index (χ1v) is 6.09. The van der Waals surface area contributed by atoms with E-state index in [2.05, 4.69) is 30.7 Å². The van der Waals surface area contributed by atoms with Crippen molar-refractivity contribution in [2.75, 3.05) is 5.73 Å². The Morgan fingerprint density at radius 1 is 1.25 bits per heavy atom. The highest BCUT2D eigenvalue weighted by atomic mass is 32.1. The van der Waals surface area contributed by atoms with Crippen molar-refractivity contribution in [3.8, 4) is 11.4 Å². The number of aromatic nitrogens is 2. The number of hydrogen-bond acceptors (Lipinski definition) is 4. The van der Waals surface area contributed by atoms with E-state index < -0.39 is 0 Å². The molecular formula is C12H15N3S. The third kappa shape index (κ3) is 2.22. The molecule has 0 saturated heterocycles. The van der Waals surface area contributed by atoms with Crippen molar-refractivity contribution in [2.24, 2.45) is 0 Å². The largest absolute Gasteiger partial charge is 0.384 e. The van der Waals surface area contributed by atoms with E-state index in [1.807, 2.05) is 22.9 Å². The average molecular weight is 233 g/mol. The van der Waals surface area contributed by atoms with Gasteiger partial charge in [-0.05, 0) is 11.4 Å². The standard InChI is InChI=1S/C12H15N3S/c1-12(2,3)9-6-10(13)15-11(14-9)8-4-5-16-7-8/h4-7H,1-3H3,(H2,13,14,15). The van der Waals surface area contributed by atoms with Gasteiger partial charge in [-0.15, -0.1) is 0 Å². The molecule has 4 heteroatoms. The average Bonchev–Trinajstić information content (AvgIpc) is 2.68. The summed E-state index contributed by atoms with van der Waals surface area (Å²) in [6.45, 7) is 6.35. The molecule has 0 saturated carbocycles. The highest BCUT2D eigenvalue weighted by Crippen LogP contribution is 2.25. The van der Waals surface area contributed by atoms with Crippen molar-refractivity contribution in [1.82, 2.24) is 9.97 Å². The first-order chi connectivity index (χ1) is 7.47. The molecule has 3 nitrogen and oxygen atoms in total. The SMILES string of the molecule is CC(C)(C)c1cc(N)nc(-c2ccsc2)n1. The molecule has 2 aromatic heterocycles. The summed E-state index contributed by atoms with van der Waals surface area (Å²) in [6.07, 6.45) is 0. The van der Waals surface area contributed by atoms with Crippen molar-refractivity contribution >= 4 is 17.2 Å². The van der Waals surface area contributed by atoms with Crippen molar-refractivity contribution in [2.45, 2.75) is 26.2 Å². The zero-order valence-corrected chi connectivity index (χ0v) is 10.5. The van der Waals surface area contributed by atoms with Gasteiger partial charge in [0.05, 0.1) is 5.69 Å². The number of nitrogens with zero attached hydrogens (tertiary/aromatic N) is 2. The van der Waals surface area contributed by atoms with Gasteiger partial charge in [-0.2, -0.15) is 11.3 Å². The van der Waals surface area contributed by atoms with E-state index >= 15 is 0 Å². The fourth-order valence-corrected chi connectivity index (χ4v) is 2.01. The van der Waals surface area contributed by atoms with Gasteiger partial charge >= 0.3 is 0 Å². The third-order valence-electron chi connectivity index (χ3n) is 2.29. The lowest BCUT2D eigenvalue weighted by atomic mass is 9.92. The van der Waals surface area contributed by atoms with Crippen LogP contribution in [0.5, 0.6) is 0 Å². The van der Waals surface area contributed by atoms with E-state index in [-0.39, 0.29) is 5.41 Å². The highest BCUT2D eigenvalue weighted by molar-refractivity contribution is 7.08. The van der Waals surface area contributed by atoms with Crippen LogP contribution < -0.4 is 5.73 Å². The summed E-state index contributed by atoms with van der Waals surface area (Å²) in [5.74, 6) is 1.24. The lowest BCUT2D eigenvalue weighted by Gasteiger charge is -2.18. The molecule has 0 unspecified atom stereocenters. The van der Waals surface area contributed by atoms with E-state index in [1.165, 1.54) is 0 Å². The fourth-order valence-electron chi connectivity index (χ4n) is 1.37. The summed E-state index contributed by atoms with van der Waals surface area (Å²) in [5.41, 5.74) is 7.81. The minimum Gasteiger partial charge on any atom is -0.384 e. The molecule has 0 aliphatic heterocycles.